The van der Waals surface area contributed by atoms with Gasteiger partial charge in [-0.05, 0) is 33.3 Å². The lowest BCUT2D eigenvalue weighted by atomic mass is 10.2. The molecular weight excluding hydrogens is 208 g/mol. The normalized spacial score (nSPS) is 11.3. The van der Waals surface area contributed by atoms with E-state index in [9.17, 15) is 0 Å². The highest BCUT2D eigenvalue weighted by Crippen LogP contribution is 2.33. The van der Waals surface area contributed by atoms with Gasteiger partial charge in [0.2, 0.25) is 5.88 Å². The molecule has 0 saturated heterocycles. The average molecular weight is 222 g/mol. The molecule has 0 spiro atoms. The van der Waals surface area contributed by atoms with Crippen molar-refractivity contribution in [3.05, 3.63) is 16.8 Å². The lowest BCUT2D eigenvalue weighted by molar-refractivity contribution is 0.235. The van der Waals surface area contributed by atoms with Crippen LogP contribution in [0.5, 0.6) is 5.88 Å². The average Bonchev–Trinajstić information content (AvgIpc) is 2.43. The van der Waals surface area contributed by atoms with Gasteiger partial charge in [-0.2, -0.15) is 0 Å². The molecule has 0 aliphatic heterocycles. The van der Waals surface area contributed by atoms with E-state index in [1.807, 2.05) is 13.8 Å². The molecular formula is C11H14N2OS. The third-order valence-corrected chi connectivity index (χ3v) is 3.39. The van der Waals surface area contributed by atoms with Gasteiger partial charge in [0, 0.05) is 4.88 Å². The first-order chi connectivity index (χ1) is 7.09. The number of rotatable bonds is 2. The molecule has 0 N–H and O–H groups in total. The van der Waals surface area contributed by atoms with E-state index in [0.717, 1.165) is 10.2 Å². The van der Waals surface area contributed by atoms with Gasteiger partial charge in [0.1, 0.15) is 11.2 Å². The van der Waals surface area contributed by atoms with Gasteiger partial charge in [-0.15, -0.1) is 11.3 Å². The van der Waals surface area contributed by atoms with Crippen molar-refractivity contribution in [3.63, 3.8) is 0 Å². The first kappa shape index (κ1) is 10.4. The molecule has 0 amide bonds. The van der Waals surface area contributed by atoms with Crippen molar-refractivity contribution in [1.82, 2.24) is 9.97 Å². The van der Waals surface area contributed by atoms with Crippen LogP contribution in [-0.4, -0.2) is 16.1 Å². The number of nitrogens with zero attached hydrogens (tertiary/aromatic N) is 2. The van der Waals surface area contributed by atoms with Crippen LogP contribution < -0.4 is 4.74 Å². The van der Waals surface area contributed by atoms with Crippen LogP contribution in [0.3, 0.4) is 0 Å². The van der Waals surface area contributed by atoms with Crippen LogP contribution in [0, 0.1) is 13.8 Å². The molecule has 0 unspecified atom stereocenters. The summed E-state index contributed by atoms with van der Waals surface area (Å²) in [7, 11) is 0. The third-order valence-electron chi connectivity index (χ3n) is 2.28. The fourth-order valence-electron chi connectivity index (χ4n) is 1.46. The number of ether oxygens (including phenoxy) is 1. The molecule has 0 fully saturated rings. The maximum Gasteiger partial charge on any atom is 0.225 e. The van der Waals surface area contributed by atoms with Crippen LogP contribution in [0.15, 0.2) is 6.33 Å². The molecule has 0 atom stereocenters. The van der Waals surface area contributed by atoms with Gasteiger partial charge in [-0.25, -0.2) is 9.97 Å². The van der Waals surface area contributed by atoms with E-state index in [2.05, 4.69) is 23.8 Å². The van der Waals surface area contributed by atoms with Gasteiger partial charge in [0.25, 0.3) is 0 Å². The Morgan fingerprint density at radius 1 is 1.27 bits per heavy atom. The summed E-state index contributed by atoms with van der Waals surface area (Å²) in [6.45, 7) is 8.19. The van der Waals surface area contributed by atoms with Crippen molar-refractivity contribution >= 4 is 21.6 Å². The minimum Gasteiger partial charge on any atom is -0.474 e. The minimum atomic E-state index is 0.141. The van der Waals surface area contributed by atoms with Gasteiger partial charge < -0.3 is 4.74 Å². The van der Waals surface area contributed by atoms with E-state index in [1.165, 1.54) is 10.4 Å². The van der Waals surface area contributed by atoms with E-state index in [4.69, 9.17) is 4.74 Å². The number of hydrogen-bond donors (Lipinski definition) is 0. The number of hydrogen-bond acceptors (Lipinski definition) is 4. The molecule has 3 nitrogen and oxygen atoms in total. The Hall–Kier alpha value is -1.16. The molecule has 2 aromatic heterocycles. The van der Waals surface area contributed by atoms with Crippen LogP contribution in [0.25, 0.3) is 10.2 Å². The summed E-state index contributed by atoms with van der Waals surface area (Å²) in [5.74, 6) is 0.705. The molecule has 0 aliphatic rings. The molecule has 80 valence electrons. The monoisotopic (exact) mass is 222 g/mol. The predicted molar refractivity (Wildman–Crippen MR) is 62.7 cm³/mol. The van der Waals surface area contributed by atoms with Crippen molar-refractivity contribution < 1.29 is 4.74 Å². The van der Waals surface area contributed by atoms with E-state index in [0.29, 0.717) is 5.88 Å². The summed E-state index contributed by atoms with van der Waals surface area (Å²) >= 11 is 1.69. The van der Waals surface area contributed by atoms with Crippen molar-refractivity contribution in [2.24, 2.45) is 0 Å². The highest BCUT2D eigenvalue weighted by Gasteiger charge is 2.13. The lowest BCUT2D eigenvalue weighted by Gasteiger charge is -2.09. The second-order valence-electron chi connectivity index (χ2n) is 3.81. The second-order valence-corrected chi connectivity index (χ2v) is 5.01. The minimum absolute atomic E-state index is 0.141. The van der Waals surface area contributed by atoms with Crippen molar-refractivity contribution in [2.75, 3.05) is 0 Å². The topological polar surface area (TPSA) is 35.0 Å². The summed E-state index contributed by atoms with van der Waals surface area (Å²) in [5.41, 5.74) is 1.23. The Bertz CT molecular complexity index is 491. The first-order valence-corrected chi connectivity index (χ1v) is 5.78. The molecule has 0 saturated carbocycles. The van der Waals surface area contributed by atoms with Crippen molar-refractivity contribution in [3.8, 4) is 5.88 Å². The summed E-state index contributed by atoms with van der Waals surface area (Å²) in [5, 5.41) is 1.06. The van der Waals surface area contributed by atoms with Gasteiger partial charge in [-0.3, -0.25) is 0 Å². The van der Waals surface area contributed by atoms with E-state index in [-0.39, 0.29) is 6.10 Å². The van der Waals surface area contributed by atoms with Crippen LogP contribution in [-0.2, 0) is 0 Å². The molecule has 0 aromatic carbocycles. The van der Waals surface area contributed by atoms with Gasteiger partial charge in [-0.1, -0.05) is 0 Å². The Morgan fingerprint density at radius 2 is 2.00 bits per heavy atom. The largest absolute Gasteiger partial charge is 0.474 e. The lowest BCUT2D eigenvalue weighted by Crippen LogP contribution is -2.07. The predicted octanol–water partition coefficient (Wildman–Crippen LogP) is 3.10. The van der Waals surface area contributed by atoms with Crippen LogP contribution in [0.2, 0.25) is 0 Å². The molecule has 0 radical (unpaired) electrons. The number of aryl methyl sites for hydroxylation is 2. The molecule has 2 aromatic rings. The summed E-state index contributed by atoms with van der Waals surface area (Å²) in [4.78, 5) is 10.7. The summed E-state index contributed by atoms with van der Waals surface area (Å²) in [6.07, 6.45) is 1.71. The van der Waals surface area contributed by atoms with Crippen LogP contribution >= 0.6 is 11.3 Å². The Morgan fingerprint density at radius 3 is 2.67 bits per heavy atom. The quantitative estimate of drug-likeness (QED) is 0.783. The van der Waals surface area contributed by atoms with E-state index < -0.39 is 0 Å². The molecule has 0 aliphatic carbocycles. The highest BCUT2D eigenvalue weighted by molar-refractivity contribution is 7.18. The van der Waals surface area contributed by atoms with Gasteiger partial charge in [0.15, 0.2) is 0 Å². The fraction of sp³-hybridized carbons (Fsp3) is 0.455. The molecule has 4 heteroatoms. The molecule has 2 rings (SSSR count). The summed E-state index contributed by atoms with van der Waals surface area (Å²) < 4.78 is 5.68. The molecule has 0 bridgehead atoms. The Balaban J connectivity index is 2.63. The van der Waals surface area contributed by atoms with Crippen molar-refractivity contribution in [1.29, 1.82) is 0 Å². The summed E-state index contributed by atoms with van der Waals surface area (Å²) in [6, 6.07) is 0. The Labute approximate surface area is 93.1 Å². The zero-order valence-corrected chi connectivity index (χ0v) is 10.2. The number of aromatic nitrogens is 2. The van der Waals surface area contributed by atoms with Crippen molar-refractivity contribution in [2.45, 2.75) is 33.8 Å². The third kappa shape index (κ3) is 1.81. The number of fused-ring (bicyclic) bond motifs is 1. The first-order valence-electron chi connectivity index (χ1n) is 4.97. The highest BCUT2D eigenvalue weighted by atomic mass is 32.1. The van der Waals surface area contributed by atoms with E-state index >= 15 is 0 Å². The van der Waals surface area contributed by atoms with Gasteiger partial charge in [0.05, 0.1) is 11.5 Å². The zero-order chi connectivity index (χ0) is 11.0. The Kier molecular flexibility index (Phi) is 2.61. The maximum atomic E-state index is 5.68. The van der Waals surface area contributed by atoms with Crippen LogP contribution in [0.1, 0.15) is 24.3 Å². The maximum absolute atomic E-state index is 5.68. The van der Waals surface area contributed by atoms with Gasteiger partial charge >= 0.3 is 0 Å². The molecule has 2 heterocycles. The SMILES string of the molecule is Cc1sc2ncnc(OC(C)C)c2c1C. The second kappa shape index (κ2) is 3.77. The smallest absolute Gasteiger partial charge is 0.225 e. The zero-order valence-electron chi connectivity index (χ0n) is 9.37. The number of thiophene rings is 1. The molecule has 15 heavy (non-hydrogen) atoms. The fourth-order valence-corrected chi connectivity index (χ4v) is 2.45. The van der Waals surface area contributed by atoms with E-state index in [1.54, 1.807) is 17.7 Å². The van der Waals surface area contributed by atoms with Crippen LogP contribution in [0.4, 0.5) is 0 Å². The standard InChI is InChI=1S/C11H14N2OS/c1-6(2)14-10-9-7(3)8(4)15-11(9)13-5-12-10/h5-6H,1-4H3.